The number of rotatable bonds is 26. The van der Waals surface area contributed by atoms with Gasteiger partial charge in [0.25, 0.3) is 11.8 Å². The molecular weight excluding hydrogens is 959 g/mol. The molecule has 8 amide bonds. The molecule has 3 aromatic rings. The zero-order valence-electron chi connectivity index (χ0n) is 42.2. The van der Waals surface area contributed by atoms with Gasteiger partial charge in [-0.15, -0.1) is 0 Å². The highest BCUT2D eigenvalue weighted by atomic mass is 19.1. The molecule has 2 aromatic carbocycles. The van der Waals surface area contributed by atoms with Gasteiger partial charge in [-0.3, -0.25) is 48.1 Å². The third kappa shape index (κ3) is 16.6. The van der Waals surface area contributed by atoms with Crippen LogP contribution in [0.25, 0.3) is 11.1 Å². The lowest BCUT2D eigenvalue weighted by atomic mass is 9.82. The predicted octanol–water partition coefficient (Wildman–Crippen LogP) is 1.78. The molecule has 0 bridgehead atoms. The molecule has 394 valence electrons. The SMILES string of the molecule is [2H]N(CCC(=O)N[C@@H](CCC(=O)O)C(=O)O)C(=O)[C@H](CCN(C(=O)CO)[C@@H](c1cc(-c2cc(F)ccc2F)cn1Cc1ccccc1)C(C)(C)C)NC(=O)[C@H](C)NC(=O)[C@@H](NC(=O)CN1C(=O)C=CC1=O)C(C)C. The van der Waals surface area contributed by atoms with Crippen LogP contribution in [-0.2, 0) is 54.5 Å². The molecule has 1 aliphatic heterocycles. The molecule has 5 atom stereocenters. The molecule has 23 heteroatoms. The van der Waals surface area contributed by atoms with Crippen molar-refractivity contribution in [1.29, 1.82) is 0 Å². The fraction of sp³-hybridized carbons (Fsp3) is 0.440. The van der Waals surface area contributed by atoms with Gasteiger partial charge in [0.2, 0.25) is 35.4 Å². The third-order valence-corrected chi connectivity index (χ3v) is 11.6. The van der Waals surface area contributed by atoms with Crippen molar-refractivity contribution in [3.63, 3.8) is 0 Å². The van der Waals surface area contributed by atoms with E-state index in [4.69, 9.17) is 6.52 Å². The smallest absolute Gasteiger partial charge is 0.326 e. The number of benzene rings is 2. The lowest BCUT2D eigenvalue weighted by molar-refractivity contribution is -0.143. The highest BCUT2D eigenvalue weighted by Crippen LogP contribution is 2.41. The van der Waals surface area contributed by atoms with Crippen molar-refractivity contribution >= 4 is 59.2 Å². The molecule has 73 heavy (non-hydrogen) atoms. The number of hydrogen-bond donors (Lipinski definition) is 8. The minimum atomic E-state index is -1.72. The Morgan fingerprint density at radius 1 is 0.781 bits per heavy atom. The van der Waals surface area contributed by atoms with E-state index in [0.29, 0.717) is 15.9 Å². The van der Waals surface area contributed by atoms with E-state index in [1.165, 1.54) is 11.8 Å². The number of halogens is 2. The molecule has 0 aliphatic carbocycles. The molecule has 0 spiro atoms. The number of aliphatic hydroxyl groups is 1. The van der Waals surface area contributed by atoms with Crippen LogP contribution in [0.5, 0.6) is 0 Å². The summed E-state index contributed by atoms with van der Waals surface area (Å²) in [6.45, 7) is 7.00. The van der Waals surface area contributed by atoms with Gasteiger partial charge in [-0.1, -0.05) is 65.0 Å². The summed E-state index contributed by atoms with van der Waals surface area (Å²) in [4.78, 5) is 130. The lowest BCUT2D eigenvalue weighted by Gasteiger charge is -2.41. The molecule has 0 radical (unpaired) electrons. The molecule has 0 unspecified atom stereocenters. The average molecular weight is 1020 g/mol. The summed E-state index contributed by atoms with van der Waals surface area (Å²) < 4.78 is 40.3. The molecule has 2 heterocycles. The Morgan fingerprint density at radius 3 is 2.03 bits per heavy atom. The van der Waals surface area contributed by atoms with Gasteiger partial charge in [-0.25, -0.2) is 13.6 Å². The summed E-state index contributed by atoms with van der Waals surface area (Å²) in [6, 6.07) is 6.47. The van der Waals surface area contributed by atoms with Crippen LogP contribution in [0.15, 0.2) is 72.9 Å². The number of hydrogen-bond acceptors (Lipinski definition) is 11. The topological polar surface area (TPSA) is 303 Å². The Balaban J connectivity index is 1.68. The summed E-state index contributed by atoms with van der Waals surface area (Å²) in [6.07, 6.45) is 1.34. The first-order valence-corrected chi connectivity index (χ1v) is 23.3. The highest BCUT2D eigenvalue weighted by Gasteiger charge is 2.39. The van der Waals surface area contributed by atoms with Crippen LogP contribution >= 0.6 is 0 Å². The van der Waals surface area contributed by atoms with Gasteiger partial charge in [0.15, 0.2) is 1.41 Å². The molecule has 0 fully saturated rings. The van der Waals surface area contributed by atoms with Gasteiger partial charge in [-0.05, 0) is 60.9 Å². The number of carboxylic acids is 2. The monoisotopic (exact) mass is 1020 g/mol. The molecule has 0 saturated carbocycles. The number of aliphatic hydroxyl groups excluding tert-OH is 1. The van der Waals surface area contributed by atoms with Crippen LogP contribution in [0.3, 0.4) is 0 Å². The van der Waals surface area contributed by atoms with E-state index in [9.17, 15) is 62.5 Å². The number of imide groups is 1. The Hall–Kier alpha value is -7.82. The highest BCUT2D eigenvalue weighted by molar-refractivity contribution is 6.14. The van der Waals surface area contributed by atoms with Crippen molar-refractivity contribution in [2.45, 2.75) is 104 Å². The Labute approximate surface area is 421 Å². The maximum Gasteiger partial charge on any atom is 0.326 e. The van der Waals surface area contributed by atoms with Gasteiger partial charge in [0.05, 0.1) is 6.04 Å². The van der Waals surface area contributed by atoms with Crippen molar-refractivity contribution in [2.24, 2.45) is 11.3 Å². The number of amides is 8. The van der Waals surface area contributed by atoms with Crippen LogP contribution in [0.4, 0.5) is 8.78 Å². The van der Waals surface area contributed by atoms with Crippen molar-refractivity contribution < 1.29 is 73.5 Å². The van der Waals surface area contributed by atoms with Crippen LogP contribution < -0.4 is 26.6 Å². The molecule has 1 aliphatic rings. The summed E-state index contributed by atoms with van der Waals surface area (Å²) in [5.41, 5.74) is 0.411. The maximum atomic E-state index is 15.4. The number of nitrogens with zero attached hydrogens (tertiary/aromatic N) is 3. The molecule has 21 nitrogen and oxygen atoms in total. The van der Waals surface area contributed by atoms with Gasteiger partial charge in [0, 0.05) is 67.6 Å². The van der Waals surface area contributed by atoms with E-state index in [0.717, 1.165) is 35.9 Å². The first-order valence-electron chi connectivity index (χ1n) is 23.7. The number of carbonyl (C=O) groups is 10. The van der Waals surface area contributed by atoms with Crippen LogP contribution in [0.2, 0.25) is 1.41 Å². The molecule has 4 rings (SSSR count). The minimum Gasteiger partial charge on any atom is -0.481 e. The van der Waals surface area contributed by atoms with E-state index in [2.05, 4.69) is 21.3 Å². The van der Waals surface area contributed by atoms with Gasteiger partial charge < -0.3 is 51.4 Å². The molecule has 0 saturated heterocycles. The zero-order valence-corrected chi connectivity index (χ0v) is 41.2. The van der Waals surface area contributed by atoms with Crippen molar-refractivity contribution in [3.8, 4) is 11.1 Å². The maximum absolute atomic E-state index is 15.4. The first kappa shape index (κ1) is 56.1. The van der Waals surface area contributed by atoms with Gasteiger partial charge >= 0.3 is 11.9 Å². The van der Waals surface area contributed by atoms with E-state index in [1.807, 2.05) is 12.1 Å². The van der Waals surface area contributed by atoms with Crippen LogP contribution in [0.1, 0.15) is 84.5 Å². The Kier molecular flexibility index (Phi) is 20.0. The van der Waals surface area contributed by atoms with Gasteiger partial charge in [0.1, 0.15) is 49.0 Å². The van der Waals surface area contributed by atoms with Crippen molar-refractivity contribution in [3.05, 3.63) is 95.8 Å². The van der Waals surface area contributed by atoms with Gasteiger partial charge in [-0.2, -0.15) is 0 Å². The predicted molar refractivity (Wildman–Crippen MR) is 257 cm³/mol. The second-order valence-electron chi connectivity index (χ2n) is 18.7. The summed E-state index contributed by atoms with van der Waals surface area (Å²) in [5.74, 6) is -12.1. The third-order valence-electron chi connectivity index (χ3n) is 11.6. The normalized spacial score (nSPS) is 14.6. The molecule has 8 N–H and O–H groups in total. The number of nitrogens with one attached hydrogen (secondary N) is 5. The van der Waals surface area contributed by atoms with Crippen molar-refractivity contribution in [2.75, 3.05) is 26.2 Å². The second kappa shape index (κ2) is 26.0. The number of carbonyl (C=O) groups excluding carboxylic acids is 8. The molecule has 1 aromatic heterocycles. The van der Waals surface area contributed by atoms with E-state index >= 15 is 4.39 Å². The Morgan fingerprint density at radius 2 is 1.44 bits per heavy atom. The summed E-state index contributed by atoms with van der Waals surface area (Å²) in [7, 11) is 0. The minimum absolute atomic E-state index is 0.0852. The van der Waals surface area contributed by atoms with Crippen LogP contribution in [-0.4, -0.2) is 139 Å². The number of aromatic nitrogens is 1. The van der Waals surface area contributed by atoms with E-state index < -0.39 is 164 Å². The summed E-state index contributed by atoms with van der Waals surface area (Å²) >= 11 is 0. The fourth-order valence-electron chi connectivity index (χ4n) is 7.95. The average Bonchev–Trinajstić information content (AvgIpc) is 3.88. The standard InChI is InChI=1S/C50H62F2N8O13/c1-28(2)44(57-39(63)26-60-40(64)15-16-41(60)65)48(71)54-29(3)46(69)56-35(47(70)53-20-18-38(62)55-36(49(72)73)14-17-43(67)68)19-21-59(42(66)27-61)45(50(4,5)6)37-22-31(33-23-32(51)12-13-34(33)52)25-58(37)24-30-10-8-7-9-11-30/h7-13,15-16,22-23,25,28-29,35-36,44-45,61H,14,17-21,24,26-27H2,1-6H3,(H,53,70)(H,54,71)(H,55,62)(H,56,69)(H,57,63)(H,67,68)(H,72,73)/t29-,35-,36-,44-,45-/m0/s1/i/hD. The second-order valence-corrected chi connectivity index (χ2v) is 18.7. The zero-order chi connectivity index (χ0) is 55.2. The van der Waals surface area contributed by atoms with Crippen molar-refractivity contribution in [1.82, 2.24) is 40.9 Å². The first-order chi connectivity index (χ1) is 34.7. The Bertz CT molecular complexity index is 2600. The van der Waals surface area contributed by atoms with E-state index in [-0.39, 0.29) is 17.7 Å². The summed E-state index contributed by atoms with van der Waals surface area (Å²) in [5, 5.41) is 38.8. The number of aliphatic carboxylic acids is 2. The number of carboxylic acid groups (broad SMARTS) is 2. The van der Waals surface area contributed by atoms with E-state index in [1.54, 1.807) is 69.6 Å². The molecular formula is C50H62F2N8O13. The lowest BCUT2D eigenvalue weighted by Crippen LogP contribution is -2.58. The fourth-order valence-corrected chi connectivity index (χ4v) is 7.95. The largest absolute Gasteiger partial charge is 0.481 e. The van der Waals surface area contributed by atoms with Crippen LogP contribution in [0, 0.1) is 23.0 Å². The quantitative estimate of drug-likeness (QED) is 0.0533.